The summed E-state index contributed by atoms with van der Waals surface area (Å²) >= 11 is 0. The van der Waals surface area contributed by atoms with E-state index < -0.39 is 0 Å². The molecule has 0 spiro atoms. The van der Waals surface area contributed by atoms with E-state index in [2.05, 4.69) is 524 Å². The molecular weight excluding hydrogens is 1730 g/mol. The van der Waals surface area contributed by atoms with Crippen LogP contribution in [-0.2, 0) is 36.5 Å². The second-order valence-corrected chi connectivity index (χ2v) is 41.3. The number of unbranched alkanes of at least 4 members (excludes halogenated alkanes) is 4. The van der Waals surface area contributed by atoms with Crippen molar-refractivity contribution < 1.29 is 0 Å². The lowest BCUT2D eigenvalue weighted by atomic mass is 9.73. The van der Waals surface area contributed by atoms with Crippen molar-refractivity contribution in [3.8, 4) is 212 Å². The largest absolute Gasteiger partial charge is 0.256 e. The maximum Gasteiger partial charge on any atom is 0.0702 e. The number of rotatable bonds is 31. The van der Waals surface area contributed by atoms with Crippen molar-refractivity contribution in [3.05, 3.63) is 488 Å². The first-order chi connectivity index (χ1) is 70.5. The number of benzene rings is 19. The highest BCUT2D eigenvalue weighted by Crippen LogP contribution is 2.60. The van der Waals surface area contributed by atoms with Gasteiger partial charge < -0.3 is 0 Å². The van der Waals surface area contributed by atoms with Crippen molar-refractivity contribution in [2.75, 3.05) is 0 Å². The summed E-state index contributed by atoms with van der Waals surface area (Å²) < 4.78 is 0. The lowest BCUT2D eigenvalue weighted by Crippen LogP contribution is -2.10. The summed E-state index contributed by atoms with van der Waals surface area (Å²) in [5, 5.41) is 0. The van der Waals surface area contributed by atoms with Crippen LogP contribution in [0.1, 0.15) is 154 Å². The SMILES string of the molecule is CCCCc1ccc(-c2c(-c3ccc(CCCC)cc3)c(-c3ccc(-c4ccccc4)cc3)c(-c3ccc(C(C)(C)C)cc3)c(-c3ccc(-c4ccc(-c5ccc(-c6ccc(-c7c(-c8ccc(-c9ccccc9)cc8)c(-c8ccc(CCCC)cc8)c(-c8ccc(CCCC)cc8)c(-c8ccc(-c9ccccc9)cc8)c7-c7ccc(C(C)(C)C)cc7)cc6)cn5)cc4)cc3)c2-c2ccc(-c3ccccc3)cc2)cc1. The zero-order chi connectivity index (χ0) is 98.6. The van der Waals surface area contributed by atoms with Crippen molar-refractivity contribution in [1.82, 2.24) is 4.98 Å². The highest BCUT2D eigenvalue weighted by Gasteiger charge is 2.34. The molecule has 144 heavy (non-hydrogen) atoms. The predicted octanol–water partition coefficient (Wildman–Crippen LogP) is 40.7. The molecule has 1 heterocycles. The van der Waals surface area contributed by atoms with Crippen molar-refractivity contribution in [2.24, 2.45) is 0 Å². The number of hydrogen-bond donors (Lipinski definition) is 0. The predicted molar refractivity (Wildman–Crippen MR) is 619 cm³/mol. The molecule has 706 valence electrons. The molecule has 0 fully saturated rings. The Hall–Kier alpha value is -15.7. The van der Waals surface area contributed by atoms with Crippen LogP contribution in [0.5, 0.6) is 0 Å². The smallest absolute Gasteiger partial charge is 0.0702 e. The van der Waals surface area contributed by atoms with Crippen LogP contribution in [0.4, 0.5) is 0 Å². The Balaban J connectivity index is 0.724. The highest BCUT2D eigenvalue weighted by molar-refractivity contribution is 6.18. The fourth-order valence-electron chi connectivity index (χ4n) is 21.2. The van der Waals surface area contributed by atoms with E-state index >= 15 is 0 Å². The van der Waals surface area contributed by atoms with Crippen LogP contribution < -0.4 is 0 Å². The Labute approximate surface area is 855 Å². The summed E-state index contributed by atoms with van der Waals surface area (Å²) in [6, 6.07) is 171. The molecule has 0 aliphatic heterocycles. The van der Waals surface area contributed by atoms with E-state index in [0.29, 0.717) is 0 Å². The Morgan fingerprint density at radius 1 is 0.146 bits per heavy atom. The molecule has 1 heteroatoms. The van der Waals surface area contributed by atoms with Gasteiger partial charge in [0.1, 0.15) is 0 Å². The number of aromatic nitrogens is 1. The summed E-state index contributed by atoms with van der Waals surface area (Å²) in [7, 11) is 0. The maximum atomic E-state index is 5.35. The van der Waals surface area contributed by atoms with Crippen LogP contribution in [-0.4, -0.2) is 4.98 Å². The van der Waals surface area contributed by atoms with E-state index in [0.717, 1.165) is 155 Å². The van der Waals surface area contributed by atoms with Gasteiger partial charge in [-0.3, -0.25) is 4.98 Å². The van der Waals surface area contributed by atoms with Crippen LogP contribution >= 0.6 is 0 Å². The van der Waals surface area contributed by atoms with Crippen molar-refractivity contribution >= 4 is 0 Å². The molecule has 0 aliphatic carbocycles. The third-order valence-electron chi connectivity index (χ3n) is 29.4. The zero-order valence-electron chi connectivity index (χ0n) is 85.2. The van der Waals surface area contributed by atoms with Crippen molar-refractivity contribution in [1.29, 1.82) is 0 Å². The minimum absolute atomic E-state index is 0.0697. The molecule has 0 aliphatic rings. The van der Waals surface area contributed by atoms with Crippen LogP contribution in [0, 0.1) is 0 Å². The normalized spacial score (nSPS) is 11.6. The fourth-order valence-corrected chi connectivity index (χ4v) is 21.2. The van der Waals surface area contributed by atoms with E-state index in [9.17, 15) is 0 Å². The Morgan fingerprint density at radius 3 is 0.458 bits per heavy atom. The summed E-state index contributed by atoms with van der Waals surface area (Å²) in [5.74, 6) is 0. The summed E-state index contributed by atoms with van der Waals surface area (Å²) in [4.78, 5) is 5.35. The van der Waals surface area contributed by atoms with Crippen LogP contribution in [0.15, 0.2) is 455 Å². The molecular formula is C143H129N. The Morgan fingerprint density at radius 2 is 0.292 bits per heavy atom. The second-order valence-electron chi connectivity index (χ2n) is 41.3. The molecule has 0 unspecified atom stereocenters. The molecule has 0 saturated carbocycles. The van der Waals surface area contributed by atoms with E-state index in [1.54, 1.807) is 0 Å². The third-order valence-corrected chi connectivity index (χ3v) is 29.4. The monoisotopic (exact) mass is 1860 g/mol. The van der Waals surface area contributed by atoms with E-state index in [-0.39, 0.29) is 10.8 Å². The van der Waals surface area contributed by atoms with Crippen LogP contribution in [0.25, 0.3) is 212 Å². The first-order valence-electron chi connectivity index (χ1n) is 52.5. The quantitative estimate of drug-likeness (QED) is 0.0422. The van der Waals surface area contributed by atoms with Gasteiger partial charge in [-0.25, -0.2) is 0 Å². The van der Waals surface area contributed by atoms with Crippen molar-refractivity contribution in [3.63, 3.8) is 0 Å². The maximum absolute atomic E-state index is 5.35. The molecule has 1 aromatic heterocycles. The lowest BCUT2D eigenvalue weighted by Gasteiger charge is -2.29. The first kappa shape index (κ1) is 95.9. The molecule has 0 saturated heterocycles. The average Bonchev–Trinajstić information content (AvgIpc) is 0.715. The highest BCUT2D eigenvalue weighted by atomic mass is 14.7. The average molecular weight is 1860 g/mol. The van der Waals surface area contributed by atoms with Gasteiger partial charge >= 0.3 is 0 Å². The standard InChI is InChI=1S/C143H129N/c1-11-15-31-98-43-51-114(52-44-98)130-132(116-55-47-100(48-56-116)33-17-13-3)136(120-79-65-108(66-80-120)104-39-27-21-28-40-104)140(124-87-92-127(93-88-124)142(5,6)7)138(134(130)118-75-61-106(62-76-118)102-35-23-19-24-36-102)122-83-69-111(70-84-122)110-59-73-113(74-60-110)129-96-91-126(97-144-129)112-71-85-123(86-72-112)139-135(119-77-63-107(64-78-119)103-37-25-20-26-38-103)131(115-53-45-99(46-54-115)32-16-12-2)133(117-57-49-101(50-58-117)34-18-14-4)137(141(139)125-89-94-128(95-90-125)143(8,9)10)121-81-67-109(68-82-121)105-41-29-22-30-42-105/h19-30,35-97H,11-18,31-34H2,1-10H3. The number of pyridine rings is 1. The number of nitrogens with zero attached hydrogens (tertiary/aromatic N) is 1. The lowest BCUT2D eigenvalue weighted by molar-refractivity contribution is 0.590. The van der Waals surface area contributed by atoms with Gasteiger partial charge in [0.15, 0.2) is 0 Å². The molecule has 0 amide bonds. The molecule has 0 atom stereocenters. The third kappa shape index (κ3) is 20.9. The molecule has 20 rings (SSSR count). The summed E-state index contributed by atoms with van der Waals surface area (Å²) in [6.45, 7) is 23.1. The first-order valence-corrected chi connectivity index (χ1v) is 52.5. The van der Waals surface area contributed by atoms with Gasteiger partial charge in [-0.15, -0.1) is 0 Å². The zero-order valence-corrected chi connectivity index (χ0v) is 85.2. The van der Waals surface area contributed by atoms with Crippen LogP contribution in [0.3, 0.4) is 0 Å². The summed E-state index contributed by atoms with van der Waals surface area (Å²) in [6.07, 6.45) is 15.3. The van der Waals surface area contributed by atoms with E-state index in [1.165, 1.54) is 167 Å². The molecule has 20 aromatic rings. The van der Waals surface area contributed by atoms with Gasteiger partial charge in [-0.05, 0) is 296 Å². The molecule has 0 radical (unpaired) electrons. The topological polar surface area (TPSA) is 12.9 Å². The fraction of sp³-hybridized carbons (Fsp3) is 0.168. The Kier molecular flexibility index (Phi) is 28.9. The molecule has 0 N–H and O–H groups in total. The minimum Gasteiger partial charge on any atom is -0.256 e. The minimum atomic E-state index is -0.0713. The van der Waals surface area contributed by atoms with Gasteiger partial charge in [-0.2, -0.15) is 0 Å². The summed E-state index contributed by atoms with van der Waals surface area (Å²) in [5.41, 5.74) is 52.0. The van der Waals surface area contributed by atoms with E-state index in [1.807, 2.05) is 0 Å². The Bertz CT molecular complexity index is 7260. The van der Waals surface area contributed by atoms with E-state index in [4.69, 9.17) is 4.98 Å². The van der Waals surface area contributed by atoms with Crippen molar-refractivity contribution in [2.45, 2.75) is 157 Å². The second kappa shape index (κ2) is 43.4. The van der Waals surface area contributed by atoms with Gasteiger partial charge in [0, 0.05) is 17.3 Å². The number of hydrogen-bond acceptors (Lipinski definition) is 1. The molecule has 1 nitrogen and oxygen atoms in total. The number of aryl methyl sites for hydroxylation is 4. The van der Waals surface area contributed by atoms with Gasteiger partial charge in [0.2, 0.25) is 0 Å². The van der Waals surface area contributed by atoms with Gasteiger partial charge in [-0.1, -0.05) is 538 Å². The van der Waals surface area contributed by atoms with Gasteiger partial charge in [0.25, 0.3) is 0 Å². The molecule has 19 aromatic carbocycles. The van der Waals surface area contributed by atoms with Gasteiger partial charge in [0.05, 0.1) is 5.69 Å². The molecule has 0 bridgehead atoms. The van der Waals surface area contributed by atoms with Crippen LogP contribution in [0.2, 0.25) is 0 Å².